The molecule has 1 saturated heterocycles. The van der Waals surface area contributed by atoms with Crippen molar-refractivity contribution in [3.63, 3.8) is 0 Å². The SMILES string of the molecule is CCNC(=NCc1ccc(N2CCCC2=O)cc1)NCCNC(=O)c1ccccc1O. The molecule has 164 valence electrons. The lowest BCUT2D eigenvalue weighted by atomic mass is 10.2. The Morgan fingerprint density at radius 1 is 1.06 bits per heavy atom. The second kappa shape index (κ2) is 11.0. The zero-order valence-corrected chi connectivity index (χ0v) is 17.7. The molecule has 0 atom stereocenters. The topological polar surface area (TPSA) is 106 Å². The first kappa shape index (κ1) is 22.1. The van der Waals surface area contributed by atoms with Gasteiger partial charge in [-0.05, 0) is 43.2 Å². The first-order valence-electron chi connectivity index (χ1n) is 10.6. The molecular formula is C23H29N5O3. The van der Waals surface area contributed by atoms with Crippen LogP contribution in [-0.4, -0.2) is 49.1 Å². The molecule has 2 aromatic rings. The van der Waals surface area contributed by atoms with Gasteiger partial charge < -0.3 is 26.0 Å². The van der Waals surface area contributed by atoms with Crippen LogP contribution in [0.1, 0.15) is 35.7 Å². The zero-order valence-electron chi connectivity index (χ0n) is 17.7. The highest BCUT2D eigenvalue weighted by Gasteiger charge is 2.21. The first-order valence-corrected chi connectivity index (χ1v) is 10.6. The Morgan fingerprint density at radius 3 is 2.48 bits per heavy atom. The maximum Gasteiger partial charge on any atom is 0.255 e. The highest BCUT2D eigenvalue weighted by molar-refractivity contribution is 5.97. The van der Waals surface area contributed by atoms with E-state index in [-0.39, 0.29) is 23.1 Å². The van der Waals surface area contributed by atoms with Crippen LogP contribution in [0.15, 0.2) is 53.5 Å². The van der Waals surface area contributed by atoms with Crippen LogP contribution < -0.4 is 20.9 Å². The van der Waals surface area contributed by atoms with Crippen molar-refractivity contribution < 1.29 is 14.7 Å². The molecule has 0 unspecified atom stereocenters. The summed E-state index contributed by atoms with van der Waals surface area (Å²) >= 11 is 0. The van der Waals surface area contributed by atoms with Crippen LogP contribution in [-0.2, 0) is 11.3 Å². The third kappa shape index (κ3) is 6.21. The molecular weight excluding hydrogens is 394 g/mol. The standard InChI is InChI=1S/C23H29N5O3/c1-2-24-23(26-14-13-25-22(31)19-6-3-4-7-20(19)29)27-16-17-9-11-18(12-10-17)28-15-5-8-21(28)30/h3-4,6-7,9-12,29H,2,5,8,13-16H2,1H3,(H,25,31)(H2,24,26,27). The number of aromatic hydroxyl groups is 1. The summed E-state index contributed by atoms with van der Waals surface area (Å²) in [5.41, 5.74) is 2.23. The molecule has 1 fully saturated rings. The average Bonchev–Trinajstić information content (AvgIpc) is 3.21. The molecule has 8 heteroatoms. The number of hydrogen-bond acceptors (Lipinski definition) is 4. The number of nitrogens with one attached hydrogen (secondary N) is 3. The summed E-state index contributed by atoms with van der Waals surface area (Å²) < 4.78 is 0. The van der Waals surface area contributed by atoms with Gasteiger partial charge in [0.05, 0.1) is 12.1 Å². The first-order chi connectivity index (χ1) is 15.1. The van der Waals surface area contributed by atoms with Crippen LogP contribution in [0.3, 0.4) is 0 Å². The Balaban J connectivity index is 1.48. The van der Waals surface area contributed by atoms with E-state index in [2.05, 4.69) is 20.9 Å². The number of benzene rings is 2. The highest BCUT2D eigenvalue weighted by atomic mass is 16.3. The normalized spacial score (nSPS) is 13.9. The molecule has 1 aliphatic rings. The molecule has 31 heavy (non-hydrogen) atoms. The summed E-state index contributed by atoms with van der Waals surface area (Å²) in [5, 5.41) is 18.9. The number of para-hydroxylation sites is 1. The number of phenolic OH excluding ortho intramolecular Hbond substituents is 1. The highest BCUT2D eigenvalue weighted by Crippen LogP contribution is 2.21. The van der Waals surface area contributed by atoms with Crippen molar-refractivity contribution in [2.24, 2.45) is 4.99 Å². The molecule has 0 spiro atoms. The van der Waals surface area contributed by atoms with E-state index in [1.54, 1.807) is 18.2 Å². The predicted molar refractivity (Wildman–Crippen MR) is 121 cm³/mol. The lowest BCUT2D eigenvalue weighted by Crippen LogP contribution is -2.41. The number of phenols is 1. The van der Waals surface area contributed by atoms with Crippen LogP contribution in [0.2, 0.25) is 0 Å². The molecule has 4 N–H and O–H groups in total. The molecule has 0 aromatic heterocycles. The van der Waals surface area contributed by atoms with Crippen molar-refractivity contribution in [1.82, 2.24) is 16.0 Å². The number of carbonyl (C=O) groups is 2. The van der Waals surface area contributed by atoms with E-state index in [9.17, 15) is 14.7 Å². The lowest BCUT2D eigenvalue weighted by molar-refractivity contribution is -0.117. The van der Waals surface area contributed by atoms with Crippen molar-refractivity contribution in [2.75, 3.05) is 31.1 Å². The molecule has 3 rings (SSSR count). The van der Waals surface area contributed by atoms with Gasteiger partial charge in [-0.2, -0.15) is 0 Å². The predicted octanol–water partition coefficient (Wildman–Crippen LogP) is 2.00. The van der Waals surface area contributed by atoms with E-state index in [4.69, 9.17) is 0 Å². The Kier molecular flexibility index (Phi) is 7.86. The number of carbonyl (C=O) groups excluding carboxylic acids is 2. The molecule has 1 aliphatic heterocycles. The van der Waals surface area contributed by atoms with Gasteiger partial charge in [0.15, 0.2) is 5.96 Å². The maximum absolute atomic E-state index is 12.1. The minimum absolute atomic E-state index is 0.0389. The van der Waals surface area contributed by atoms with Crippen molar-refractivity contribution in [3.8, 4) is 5.75 Å². The second-order valence-corrected chi connectivity index (χ2v) is 7.21. The van der Waals surface area contributed by atoms with Gasteiger partial charge in [-0.3, -0.25) is 9.59 Å². The van der Waals surface area contributed by atoms with E-state index < -0.39 is 0 Å². The third-order valence-corrected chi connectivity index (χ3v) is 4.94. The smallest absolute Gasteiger partial charge is 0.255 e. The molecule has 2 amide bonds. The van der Waals surface area contributed by atoms with Gasteiger partial charge in [0, 0.05) is 38.3 Å². The van der Waals surface area contributed by atoms with Crippen molar-refractivity contribution in [1.29, 1.82) is 0 Å². The second-order valence-electron chi connectivity index (χ2n) is 7.21. The van der Waals surface area contributed by atoms with Crippen molar-refractivity contribution in [2.45, 2.75) is 26.3 Å². The quantitative estimate of drug-likeness (QED) is 0.295. The Bertz CT molecular complexity index is 927. The van der Waals surface area contributed by atoms with Crippen LogP contribution in [0.5, 0.6) is 5.75 Å². The largest absolute Gasteiger partial charge is 0.507 e. The van der Waals surface area contributed by atoms with Gasteiger partial charge in [0.1, 0.15) is 5.75 Å². The zero-order chi connectivity index (χ0) is 22.1. The summed E-state index contributed by atoms with van der Waals surface area (Å²) in [4.78, 5) is 30.4. The third-order valence-electron chi connectivity index (χ3n) is 4.94. The summed E-state index contributed by atoms with van der Waals surface area (Å²) in [6.45, 7) is 4.85. The van der Waals surface area contributed by atoms with Gasteiger partial charge in [-0.1, -0.05) is 24.3 Å². The molecule has 0 bridgehead atoms. The van der Waals surface area contributed by atoms with Crippen LogP contribution in [0.4, 0.5) is 5.69 Å². The number of anilines is 1. The van der Waals surface area contributed by atoms with E-state index in [0.717, 1.165) is 24.2 Å². The number of amides is 2. The Morgan fingerprint density at radius 2 is 1.81 bits per heavy atom. The van der Waals surface area contributed by atoms with Gasteiger partial charge >= 0.3 is 0 Å². The van der Waals surface area contributed by atoms with E-state index in [1.165, 1.54) is 6.07 Å². The molecule has 0 aliphatic carbocycles. The fourth-order valence-corrected chi connectivity index (χ4v) is 3.33. The van der Waals surface area contributed by atoms with Crippen molar-refractivity contribution in [3.05, 3.63) is 59.7 Å². The monoisotopic (exact) mass is 423 g/mol. The minimum atomic E-state index is -0.321. The van der Waals surface area contributed by atoms with Crippen LogP contribution in [0.25, 0.3) is 0 Å². The van der Waals surface area contributed by atoms with Gasteiger partial charge in [0.25, 0.3) is 5.91 Å². The fourth-order valence-electron chi connectivity index (χ4n) is 3.33. The number of aliphatic imine (C=N–C) groups is 1. The lowest BCUT2D eigenvalue weighted by Gasteiger charge is -2.16. The minimum Gasteiger partial charge on any atom is -0.507 e. The van der Waals surface area contributed by atoms with Gasteiger partial charge in [-0.15, -0.1) is 0 Å². The molecule has 2 aromatic carbocycles. The van der Waals surface area contributed by atoms with Crippen LogP contribution in [0, 0.1) is 0 Å². The number of rotatable bonds is 8. The summed E-state index contributed by atoms with van der Waals surface area (Å²) in [6, 6.07) is 14.3. The van der Waals surface area contributed by atoms with E-state index >= 15 is 0 Å². The number of nitrogens with zero attached hydrogens (tertiary/aromatic N) is 2. The summed E-state index contributed by atoms with van der Waals surface area (Å²) in [6.07, 6.45) is 1.53. The summed E-state index contributed by atoms with van der Waals surface area (Å²) in [7, 11) is 0. The number of guanidine groups is 1. The fraction of sp³-hybridized carbons (Fsp3) is 0.348. The van der Waals surface area contributed by atoms with Crippen LogP contribution >= 0.6 is 0 Å². The van der Waals surface area contributed by atoms with E-state index in [0.29, 0.717) is 38.6 Å². The van der Waals surface area contributed by atoms with E-state index in [1.807, 2.05) is 36.1 Å². The molecule has 0 radical (unpaired) electrons. The Hall–Kier alpha value is -3.55. The average molecular weight is 424 g/mol. The van der Waals surface area contributed by atoms with Gasteiger partial charge in [-0.25, -0.2) is 4.99 Å². The molecule has 0 saturated carbocycles. The molecule has 8 nitrogen and oxygen atoms in total. The van der Waals surface area contributed by atoms with Gasteiger partial charge in [0.2, 0.25) is 5.91 Å². The summed E-state index contributed by atoms with van der Waals surface area (Å²) in [5.74, 6) is 0.471. The number of hydrogen-bond donors (Lipinski definition) is 4. The Labute approximate surface area is 182 Å². The maximum atomic E-state index is 12.1. The molecule has 1 heterocycles. The van der Waals surface area contributed by atoms with Crippen molar-refractivity contribution >= 4 is 23.5 Å².